The summed E-state index contributed by atoms with van der Waals surface area (Å²) in [6, 6.07) is 14.9. The summed E-state index contributed by atoms with van der Waals surface area (Å²) in [5.41, 5.74) is 1.92. The molecule has 6 heteroatoms. The fraction of sp³-hybridized carbons (Fsp3) is 0. The van der Waals surface area contributed by atoms with E-state index in [1.54, 1.807) is 24.8 Å². The van der Waals surface area contributed by atoms with Crippen molar-refractivity contribution < 1.29 is 20.1 Å². The molecule has 0 amide bonds. The summed E-state index contributed by atoms with van der Waals surface area (Å²) in [6.45, 7) is 1.96. The Balaban J connectivity index is 0.00000144. The molecule has 1 aliphatic rings. The van der Waals surface area contributed by atoms with Gasteiger partial charge in [-0.15, -0.1) is 12.4 Å². The molecular formula is C16H11IrN5-2. The van der Waals surface area contributed by atoms with Crippen LogP contribution in [0.4, 0.5) is 23.0 Å². The molecule has 2 aromatic heterocycles. The van der Waals surface area contributed by atoms with Crippen LogP contribution in [-0.4, -0.2) is 15.0 Å². The van der Waals surface area contributed by atoms with Crippen LogP contribution in [0.5, 0.6) is 0 Å². The molecule has 4 rings (SSSR count). The molecule has 22 heavy (non-hydrogen) atoms. The number of fused-ring (bicyclic) bond motifs is 1. The zero-order chi connectivity index (χ0) is 14.1. The van der Waals surface area contributed by atoms with Gasteiger partial charge in [-0.1, -0.05) is 0 Å². The van der Waals surface area contributed by atoms with Crippen molar-refractivity contribution in [3.8, 4) is 0 Å². The molecule has 3 heterocycles. The van der Waals surface area contributed by atoms with Crippen LogP contribution in [-0.2, 0) is 20.1 Å². The molecule has 0 spiro atoms. The molecule has 0 aliphatic carbocycles. The number of hydrogen-bond acceptors (Lipinski definition) is 5. The normalized spacial score (nSPS) is 12.7. The average Bonchev–Trinajstić information content (AvgIpc) is 2.96. The molecule has 1 radical (unpaired) electrons. The number of anilines is 4. The van der Waals surface area contributed by atoms with E-state index in [4.69, 9.17) is 0 Å². The van der Waals surface area contributed by atoms with Crippen molar-refractivity contribution in [3.63, 3.8) is 0 Å². The first kappa shape index (κ1) is 14.6. The number of aromatic nitrogens is 3. The number of benzene rings is 1. The zero-order valence-corrected chi connectivity index (χ0v) is 13.8. The van der Waals surface area contributed by atoms with Crippen LogP contribution in [0.25, 0.3) is 0 Å². The fourth-order valence-corrected chi connectivity index (χ4v) is 2.29. The summed E-state index contributed by atoms with van der Waals surface area (Å²) < 4.78 is 0. The quantitative estimate of drug-likeness (QED) is 0.545. The Morgan fingerprint density at radius 1 is 0.864 bits per heavy atom. The molecule has 1 aromatic carbocycles. The first-order valence-corrected chi connectivity index (χ1v) is 6.55. The van der Waals surface area contributed by atoms with Gasteiger partial charge in [-0.2, -0.15) is 30.3 Å². The maximum Gasteiger partial charge on any atom is 0.145 e. The first-order valence-electron chi connectivity index (χ1n) is 6.55. The van der Waals surface area contributed by atoms with Gasteiger partial charge in [-0.3, -0.25) is 4.98 Å². The third-order valence-electron chi connectivity index (χ3n) is 3.24. The van der Waals surface area contributed by atoms with Crippen molar-refractivity contribution in [2.24, 2.45) is 0 Å². The van der Waals surface area contributed by atoms with E-state index in [0.717, 1.165) is 23.0 Å². The third-order valence-corrected chi connectivity index (χ3v) is 3.24. The minimum atomic E-state index is 0. The molecule has 0 unspecified atom stereocenters. The molecule has 0 saturated carbocycles. The van der Waals surface area contributed by atoms with E-state index in [1.807, 2.05) is 52.9 Å². The second-order valence-electron chi connectivity index (χ2n) is 4.51. The van der Waals surface area contributed by atoms with Crippen LogP contribution < -0.4 is 9.80 Å². The van der Waals surface area contributed by atoms with E-state index in [-0.39, 0.29) is 20.1 Å². The van der Waals surface area contributed by atoms with Crippen molar-refractivity contribution in [2.75, 3.05) is 9.80 Å². The molecule has 0 bridgehead atoms. The summed E-state index contributed by atoms with van der Waals surface area (Å²) >= 11 is 0. The topological polar surface area (TPSA) is 45.2 Å². The van der Waals surface area contributed by atoms with Crippen LogP contribution >= 0.6 is 0 Å². The van der Waals surface area contributed by atoms with E-state index in [2.05, 4.69) is 21.0 Å². The fourth-order valence-electron chi connectivity index (χ4n) is 2.29. The average molecular weight is 466 g/mol. The summed E-state index contributed by atoms with van der Waals surface area (Å²) in [4.78, 5) is 16.9. The Morgan fingerprint density at radius 2 is 1.59 bits per heavy atom. The van der Waals surface area contributed by atoms with Gasteiger partial charge in [-0.05, 0) is 12.1 Å². The van der Waals surface area contributed by atoms with Crippen molar-refractivity contribution in [2.45, 2.75) is 0 Å². The van der Waals surface area contributed by atoms with E-state index in [9.17, 15) is 0 Å². The Morgan fingerprint density at radius 3 is 2.27 bits per heavy atom. The van der Waals surface area contributed by atoms with Gasteiger partial charge < -0.3 is 9.80 Å². The van der Waals surface area contributed by atoms with Crippen molar-refractivity contribution >= 4 is 23.0 Å². The zero-order valence-electron chi connectivity index (χ0n) is 11.4. The van der Waals surface area contributed by atoms with Gasteiger partial charge in [0.05, 0.1) is 0 Å². The maximum absolute atomic E-state index is 4.45. The summed E-state index contributed by atoms with van der Waals surface area (Å²) in [5.74, 6) is 1.58. The summed E-state index contributed by atoms with van der Waals surface area (Å²) in [5, 5.41) is 0. The molecule has 3 aromatic rings. The Kier molecular flexibility index (Phi) is 4.13. The number of pyridine rings is 1. The largest absolute Gasteiger partial charge is 0.477 e. The standard InChI is InChI=1S/C16H11N5.Ir/c1-2-4-13(5-3-1)20-12-21(14-6-8-17-9-7-14)16-15(20)18-10-11-19-16;/h1-4,6-12H;/q-2;. The second kappa shape index (κ2) is 6.22. The number of rotatable bonds is 2. The van der Waals surface area contributed by atoms with Crippen LogP contribution in [0.3, 0.4) is 0 Å². The predicted molar refractivity (Wildman–Crippen MR) is 80.1 cm³/mol. The smallest absolute Gasteiger partial charge is 0.145 e. The molecule has 111 valence electrons. The van der Waals surface area contributed by atoms with Gasteiger partial charge in [-0.25, -0.2) is 9.97 Å². The predicted octanol–water partition coefficient (Wildman–Crippen LogP) is 3.08. The minimum absolute atomic E-state index is 0. The first-order chi connectivity index (χ1) is 10.4. The monoisotopic (exact) mass is 466 g/mol. The summed E-state index contributed by atoms with van der Waals surface area (Å²) in [6.07, 6.45) is 6.91. The Bertz CT molecular complexity index is 686. The Labute approximate surface area is 142 Å². The van der Waals surface area contributed by atoms with Gasteiger partial charge in [0.2, 0.25) is 0 Å². The van der Waals surface area contributed by atoms with Gasteiger partial charge >= 0.3 is 0 Å². The molecule has 0 fully saturated rings. The Hall–Kier alpha value is -2.30. The minimum Gasteiger partial charge on any atom is -0.477 e. The molecule has 0 N–H and O–H groups in total. The molecular weight excluding hydrogens is 454 g/mol. The third kappa shape index (κ3) is 2.47. The van der Waals surface area contributed by atoms with Gasteiger partial charge in [0, 0.05) is 50.6 Å². The van der Waals surface area contributed by atoms with E-state index >= 15 is 0 Å². The number of para-hydroxylation sites is 1. The van der Waals surface area contributed by atoms with Gasteiger partial charge in [0.25, 0.3) is 0 Å². The van der Waals surface area contributed by atoms with Gasteiger partial charge in [0.1, 0.15) is 11.6 Å². The molecule has 0 saturated heterocycles. The van der Waals surface area contributed by atoms with Gasteiger partial charge in [0.15, 0.2) is 0 Å². The van der Waals surface area contributed by atoms with E-state index in [0.29, 0.717) is 0 Å². The van der Waals surface area contributed by atoms with Crippen LogP contribution in [0.2, 0.25) is 0 Å². The number of nitrogens with zero attached hydrogens (tertiary/aromatic N) is 5. The van der Waals surface area contributed by atoms with Crippen LogP contribution in [0.1, 0.15) is 0 Å². The van der Waals surface area contributed by atoms with Crippen molar-refractivity contribution in [1.29, 1.82) is 0 Å². The van der Waals surface area contributed by atoms with Crippen molar-refractivity contribution in [1.82, 2.24) is 15.0 Å². The summed E-state index contributed by atoms with van der Waals surface area (Å²) in [7, 11) is 0. The molecule has 0 atom stereocenters. The van der Waals surface area contributed by atoms with Crippen molar-refractivity contribution in [3.05, 3.63) is 73.9 Å². The number of hydrogen-bond donors (Lipinski definition) is 0. The van der Waals surface area contributed by atoms with Crippen LogP contribution in [0, 0.1) is 12.7 Å². The maximum atomic E-state index is 4.45. The second-order valence-corrected chi connectivity index (χ2v) is 4.51. The molecule has 1 aliphatic heterocycles. The van der Waals surface area contributed by atoms with Crippen LogP contribution in [0.15, 0.2) is 61.2 Å². The SMILES string of the molecule is [Ir].[c-]1ccccc1N1[CH-]N(c2ccncc2)c2nccnc21. The van der Waals surface area contributed by atoms with E-state index < -0.39 is 0 Å². The molecule has 5 nitrogen and oxygen atoms in total. The van der Waals surface area contributed by atoms with E-state index in [1.165, 1.54) is 0 Å².